The summed E-state index contributed by atoms with van der Waals surface area (Å²) in [6.07, 6.45) is 2.61. The van der Waals surface area contributed by atoms with Crippen LogP contribution in [0.15, 0.2) is 18.3 Å². The molecular formula is C16H23N3O4. The smallest absolute Gasteiger partial charge is 0.410 e. The Labute approximate surface area is 135 Å². The minimum absolute atomic E-state index is 0.0539. The molecule has 7 nitrogen and oxygen atoms in total. The van der Waals surface area contributed by atoms with E-state index in [-0.39, 0.29) is 17.8 Å². The van der Waals surface area contributed by atoms with Gasteiger partial charge >= 0.3 is 6.09 Å². The van der Waals surface area contributed by atoms with Crippen LogP contribution >= 0.6 is 0 Å². The van der Waals surface area contributed by atoms with Gasteiger partial charge in [-0.1, -0.05) is 6.92 Å². The molecule has 2 unspecified atom stereocenters. The molecule has 0 saturated carbocycles. The van der Waals surface area contributed by atoms with Gasteiger partial charge in [-0.05, 0) is 45.6 Å². The minimum Gasteiger partial charge on any atom is -0.444 e. The number of ether oxygens (including phenoxy) is 1. The highest BCUT2D eigenvalue weighted by atomic mass is 16.6. The van der Waals surface area contributed by atoms with Crippen molar-refractivity contribution in [3.8, 4) is 0 Å². The number of carbonyl (C=O) groups is 1. The zero-order valence-corrected chi connectivity index (χ0v) is 14.0. The van der Waals surface area contributed by atoms with Crippen molar-refractivity contribution in [2.75, 3.05) is 6.54 Å². The fourth-order valence-corrected chi connectivity index (χ4v) is 2.69. The number of aromatic nitrogens is 1. The first-order valence-corrected chi connectivity index (χ1v) is 7.77. The van der Waals surface area contributed by atoms with E-state index in [1.807, 2.05) is 20.8 Å². The molecule has 1 aromatic rings. The van der Waals surface area contributed by atoms with E-state index < -0.39 is 10.5 Å². The predicted molar refractivity (Wildman–Crippen MR) is 85.0 cm³/mol. The van der Waals surface area contributed by atoms with Crippen molar-refractivity contribution in [1.29, 1.82) is 0 Å². The lowest BCUT2D eigenvalue weighted by Gasteiger charge is -2.38. The van der Waals surface area contributed by atoms with Crippen molar-refractivity contribution in [3.63, 3.8) is 0 Å². The second-order valence-corrected chi connectivity index (χ2v) is 7.03. The number of hydrogen-bond acceptors (Lipinski definition) is 5. The van der Waals surface area contributed by atoms with Crippen LogP contribution in [0.2, 0.25) is 0 Å². The second kappa shape index (κ2) is 6.52. The highest BCUT2D eigenvalue weighted by Gasteiger charge is 2.34. The summed E-state index contributed by atoms with van der Waals surface area (Å²) in [7, 11) is 0. The molecule has 1 amide bonds. The van der Waals surface area contributed by atoms with E-state index in [9.17, 15) is 14.9 Å². The highest BCUT2D eigenvalue weighted by Crippen LogP contribution is 2.33. The Morgan fingerprint density at radius 3 is 2.61 bits per heavy atom. The van der Waals surface area contributed by atoms with Crippen LogP contribution in [0.3, 0.4) is 0 Å². The normalized spacial score (nSPS) is 21.8. The molecular weight excluding hydrogens is 298 g/mol. The van der Waals surface area contributed by atoms with Crippen LogP contribution < -0.4 is 0 Å². The van der Waals surface area contributed by atoms with E-state index in [1.54, 1.807) is 11.0 Å². The molecule has 7 heteroatoms. The van der Waals surface area contributed by atoms with Crippen molar-refractivity contribution >= 4 is 11.8 Å². The molecule has 1 aliphatic rings. The predicted octanol–water partition coefficient (Wildman–Crippen LogP) is 3.70. The van der Waals surface area contributed by atoms with Gasteiger partial charge in [-0.2, -0.15) is 0 Å². The number of nitrogens with zero attached hydrogens (tertiary/aromatic N) is 3. The molecule has 0 spiro atoms. The summed E-state index contributed by atoms with van der Waals surface area (Å²) >= 11 is 0. The van der Waals surface area contributed by atoms with E-state index in [2.05, 4.69) is 11.9 Å². The van der Waals surface area contributed by atoms with Crippen LogP contribution in [0, 0.1) is 16.0 Å². The first-order valence-electron chi connectivity index (χ1n) is 7.77. The van der Waals surface area contributed by atoms with Crippen LogP contribution in [0.25, 0.3) is 0 Å². The van der Waals surface area contributed by atoms with E-state index >= 15 is 0 Å². The first-order chi connectivity index (χ1) is 10.7. The monoisotopic (exact) mass is 321 g/mol. The third kappa shape index (κ3) is 4.40. The maximum absolute atomic E-state index is 12.5. The lowest BCUT2D eigenvalue weighted by molar-refractivity contribution is -0.385. The highest BCUT2D eigenvalue weighted by molar-refractivity contribution is 5.69. The number of rotatable bonds is 2. The van der Waals surface area contributed by atoms with Gasteiger partial charge in [0.1, 0.15) is 11.8 Å². The molecule has 126 valence electrons. The molecule has 2 heterocycles. The van der Waals surface area contributed by atoms with Crippen molar-refractivity contribution in [2.45, 2.75) is 52.2 Å². The molecule has 0 aliphatic carbocycles. The summed E-state index contributed by atoms with van der Waals surface area (Å²) in [4.78, 5) is 28.6. The average molecular weight is 321 g/mol. The Balaban J connectivity index is 2.22. The summed E-state index contributed by atoms with van der Waals surface area (Å²) in [6, 6.07) is 2.84. The number of pyridine rings is 1. The molecule has 23 heavy (non-hydrogen) atoms. The van der Waals surface area contributed by atoms with Gasteiger partial charge in [0.15, 0.2) is 0 Å². The molecule has 2 rings (SSSR count). The summed E-state index contributed by atoms with van der Waals surface area (Å²) in [5, 5.41) is 10.7. The number of nitro groups is 1. The van der Waals surface area contributed by atoms with Crippen LogP contribution in [0.1, 0.15) is 52.3 Å². The van der Waals surface area contributed by atoms with Crippen molar-refractivity contribution in [2.24, 2.45) is 5.92 Å². The summed E-state index contributed by atoms with van der Waals surface area (Å²) in [5.41, 5.74) is 0.0423. The number of hydrogen-bond donors (Lipinski definition) is 0. The summed E-state index contributed by atoms with van der Waals surface area (Å²) in [6.45, 7) is 8.18. The van der Waals surface area contributed by atoms with Crippen molar-refractivity contribution in [1.82, 2.24) is 9.88 Å². The first kappa shape index (κ1) is 17.2. The van der Waals surface area contributed by atoms with E-state index in [1.165, 1.54) is 12.3 Å². The van der Waals surface area contributed by atoms with Gasteiger partial charge in [-0.25, -0.2) is 4.79 Å². The molecule has 1 aromatic heterocycles. The maximum Gasteiger partial charge on any atom is 0.410 e. The lowest BCUT2D eigenvalue weighted by atomic mass is 9.92. The van der Waals surface area contributed by atoms with Crippen LogP contribution in [-0.4, -0.2) is 33.0 Å². The molecule has 1 fully saturated rings. The second-order valence-electron chi connectivity index (χ2n) is 7.03. The van der Waals surface area contributed by atoms with Crippen molar-refractivity contribution < 1.29 is 14.5 Å². The molecule has 2 atom stereocenters. The Hall–Kier alpha value is -2.18. The van der Waals surface area contributed by atoms with Gasteiger partial charge < -0.3 is 4.74 Å². The molecule has 0 radical (unpaired) electrons. The van der Waals surface area contributed by atoms with Gasteiger partial charge in [0.25, 0.3) is 5.69 Å². The van der Waals surface area contributed by atoms with Gasteiger partial charge in [0, 0.05) is 12.6 Å². The fraction of sp³-hybridized carbons (Fsp3) is 0.625. The Morgan fingerprint density at radius 1 is 1.39 bits per heavy atom. The third-order valence-electron chi connectivity index (χ3n) is 3.77. The SMILES string of the molecule is CC1CCC(c2ccc([N+](=O)[O-])cn2)N(C(=O)OC(C)(C)C)C1. The zero-order chi connectivity index (χ0) is 17.2. The minimum atomic E-state index is -0.564. The molecule has 0 N–H and O–H groups in total. The van der Waals surface area contributed by atoms with E-state index in [0.717, 1.165) is 12.8 Å². The third-order valence-corrected chi connectivity index (χ3v) is 3.77. The van der Waals surface area contributed by atoms with Gasteiger partial charge in [-0.3, -0.25) is 20.0 Å². The largest absolute Gasteiger partial charge is 0.444 e. The topological polar surface area (TPSA) is 85.6 Å². The summed E-state index contributed by atoms with van der Waals surface area (Å²) < 4.78 is 5.49. The molecule has 0 bridgehead atoms. The number of likely N-dealkylation sites (tertiary alicyclic amines) is 1. The van der Waals surface area contributed by atoms with Gasteiger partial charge in [0.05, 0.1) is 16.7 Å². The number of carbonyl (C=O) groups excluding carboxylic acids is 1. The van der Waals surface area contributed by atoms with Crippen molar-refractivity contribution in [3.05, 3.63) is 34.1 Å². The Morgan fingerprint density at radius 2 is 2.09 bits per heavy atom. The van der Waals surface area contributed by atoms with Gasteiger partial charge in [-0.15, -0.1) is 0 Å². The average Bonchev–Trinajstić information content (AvgIpc) is 2.45. The lowest BCUT2D eigenvalue weighted by Crippen LogP contribution is -2.44. The summed E-state index contributed by atoms with van der Waals surface area (Å²) in [5.74, 6) is 0.386. The standard InChI is InChI=1S/C16H23N3O4/c1-11-5-8-14(13-7-6-12(9-17-13)19(21)22)18(10-11)15(20)23-16(2,3)4/h6-7,9,11,14H,5,8,10H2,1-4H3. The van der Waals surface area contributed by atoms with Crippen LogP contribution in [-0.2, 0) is 4.74 Å². The fourth-order valence-electron chi connectivity index (χ4n) is 2.69. The number of piperidine rings is 1. The van der Waals surface area contributed by atoms with Crippen LogP contribution in [0.5, 0.6) is 0 Å². The van der Waals surface area contributed by atoms with Crippen LogP contribution in [0.4, 0.5) is 10.5 Å². The van der Waals surface area contributed by atoms with E-state index in [4.69, 9.17) is 4.74 Å². The number of amides is 1. The Kier molecular flexibility index (Phi) is 4.87. The quantitative estimate of drug-likeness (QED) is 0.612. The Bertz CT molecular complexity index is 580. The van der Waals surface area contributed by atoms with Gasteiger partial charge in [0.2, 0.25) is 0 Å². The van der Waals surface area contributed by atoms with E-state index in [0.29, 0.717) is 18.2 Å². The maximum atomic E-state index is 12.5. The molecule has 1 saturated heterocycles. The molecule has 1 aliphatic heterocycles. The zero-order valence-electron chi connectivity index (χ0n) is 14.0. The molecule has 0 aromatic carbocycles.